The van der Waals surface area contributed by atoms with E-state index in [4.69, 9.17) is 0 Å². The molecule has 0 bridgehead atoms. The summed E-state index contributed by atoms with van der Waals surface area (Å²) in [6.45, 7) is 0. The second-order valence-electron chi connectivity index (χ2n) is 2.58. The van der Waals surface area contributed by atoms with Gasteiger partial charge in [-0.15, -0.1) is 0 Å². The number of alkyl halides is 4. The Morgan fingerprint density at radius 2 is 0.889 bits per heavy atom. The predicted molar refractivity (Wildman–Crippen MR) is 70.6 cm³/mol. The first-order chi connectivity index (χ1) is 8.00. The molecule has 0 atom stereocenters. The molecule has 0 amide bonds. The van der Waals surface area contributed by atoms with E-state index in [2.05, 4.69) is 12.1 Å². The van der Waals surface area contributed by atoms with E-state index in [9.17, 15) is 13.2 Å². The zero-order valence-corrected chi connectivity index (χ0v) is 12.4. The van der Waals surface area contributed by atoms with Gasteiger partial charge in [-0.1, -0.05) is 0 Å². The van der Waals surface area contributed by atoms with Crippen molar-refractivity contribution in [3.8, 4) is 0 Å². The molecule has 0 radical (unpaired) electrons. The number of halogens is 4. The van der Waals surface area contributed by atoms with Gasteiger partial charge < -0.3 is 0 Å². The van der Waals surface area contributed by atoms with Gasteiger partial charge in [-0.25, -0.2) is 0 Å². The van der Waals surface area contributed by atoms with Gasteiger partial charge in [0.1, 0.15) is 0 Å². The fraction of sp³-hybridized carbons (Fsp3) is 0.0769. The third-order valence-electron chi connectivity index (χ3n) is 1.21. The largest absolute Gasteiger partial charge is 2.00 e. The maximum Gasteiger partial charge on any atom is 2.00 e. The molecule has 2 aromatic rings. The Labute approximate surface area is 129 Å². The molecule has 0 nitrogen and oxygen atoms in total. The van der Waals surface area contributed by atoms with E-state index in [0.29, 0.717) is 22.6 Å². The van der Waals surface area contributed by atoms with E-state index in [1.54, 1.807) is 0 Å². The van der Waals surface area contributed by atoms with Crippen LogP contribution in [0.2, 0.25) is 0 Å². The van der Waals surface area contributed by atoms with Crippen LogP contribution < -0.4 is 0 Å². The number of benzene rings is 2. The first-order valence-corrected chi connectivity index (χ1v) is 5.66. The molecule has 0 N–H and O–H groups in total. The fourth-order valence-corrected chi connectivity index (χ4v) is 0.684. The minimum absolute atomic E-state index is 0. The molecule has 0 aliphatic carbocycles. The second-order valence-corrected chi connectivity index (χ2v) is 3.81. The summed E-state index contributed by atoms with van der Waals surface area (Å²) in [6, 6.07) is 25.0. The molecule has 0 spiro atoms. The molecule has 2 rings (SSSR count). The minimum Gasteiger partial charge on any atom is -0.184 e. The minimum atomic E-state index is -4.03. The van der Waals surface area contributed by atoms with Crippen molar-refractivity contribution in [2.75, 3.05) is 0 Å². The van der Waals surface area contributed by atoms with Crippen LogP contribution in [0.3, 0.4) is 0 Å². The van der Waals surface area contributed by atoms with Crippen molar-refractivity contribution < 1.29 is 30.2 Å². The van der Waals surface area contributed by atoms with Gasteiger partial charge in [-0.2, -0.15) is 86.0 Å². The zero-order chi connectivity index (χ0) is 13.0. The fourth-order valence-electron chi connectivity index (χ4n) is 0.684. The van der Waals surface area contributed by atoms with Crippen molar-refractivity contribution in [1.82, 2.24) is 0 Å². The second kappa shape index (κ2) is 12.9. The molecular formula is C13H10F3FeI. The van der Waals surface area contributed by atoms with Gasteiger partial charge >= 0.3 is 21.3 Å². The Morgan fingerprint density at radius 1 is 0.667 bits per heavy atom. The molecule has 0 fully saturated rings. The van der Waals surface area contributed by atoms with Crippen LogP contribution in [0.1, 0.15) is 0 Å². The van der Waals surface area contributed by atoms with Gasteiger partial charge in [-0.05, 0) is 0 Å². The Kier molecular flexibility index (Phi) is 14.2. The average molecular weight is 406 g/mol. The number of hydrogen-bond donors (Lipinski definition) is 0. The Bertz CT molecular complexity index is 261. The van der Waals surface area contributed by atoms with Crippen LogP contribution in [0.25, 0.3) is 0 Å². The molecule has 18 heavy (non-hydrogen) atoms. The van der Waals surface area contributed by atoms with Gasteiger partial charge in [-0.3, -0.25) is 0 Å². The van der Waals surface area contributed by atoms with Crippen molar-refractivity contribution in [3.63, 3.8) is 0 Å². The summed E-state index contributed by atoms with van der Waals surface area (Å²) in [6.07, 6.45) is 0. The first kappa shape index (κ1) is 19.8. The third kappa shape index (κ3) is 24.6. The Hall–Kier alpha value is -0.521. The summed E-state index contributed by atoms with van der Waals surface area (Å²) in [5.74, 6) is 0. The number of hydrogen-bond acceptors (Lipinski definition) is 0. The molecule has 5 heteroatoms. The van der Waals surface area contributed by atoms with E-state index in [-0.39, 0.29) is 17.1 Å². The maximum atomic E-state index is 10.3. The molecule has 0 heterocycles. The van der Waals surface area contributed by atoms with Crippen LogP contribution >= 0.6 is 22.6 Å². The van der Waals surface area contributed by atoms with E-state index in [1.165, 1.54) is 0 Å². The predicted octanol–water partition coefficient (Wildman–Crippen LogP) is 4.91. The Morgan fingerprint density at radius 3 is 0.944 bits per heavy atom. The quantitative estimate of drug-likeness (QED) is 0.253. The SMILES string of the molecule is FC(F)(F)I.[Fe+2].[c-]1ccccc1.[c-]1ccccc1. The van der Waals surface area contributed by atoms with E-state index in [0.717, 1.165) is 0 Å². The first-order valence-electron chi connectivity index (χ1n) is 4.58. The monoisotopic (exact) mass is 406 g/mol. The molecule has 0 saturated carbocycles. The smallest absolute Gasteiger partial charge is 0.184 e. The Balaban J connectivity index is 0. The normalized spacial score (nSPS) is 8.67. The standard InChI is InChI=1S/2C6H5.CF3I.Fe/c2*1-2-4-6-5-3-1;2-1(3,4)5;/h2*1-5H;;/q2*-1;;+2. The molecule has 0 aromatic heterocycles. The van der Waals surface area contributed by atoms with Gasteiger partial charge in [0.2, 0.25) is 0 Å². The summed E-state index contributed by atoms with van der Waals surface area (Å²) < 4.78 is 27.0. The number of rotatable bonds is 0. The van der Waals surface area contributed by atoms with Crippen LogP contribution in [0.4, 0.5) is 13.2 Å². The van der Waals surface area contributed by atoms with E-state index >= 15 is 0 Å². The summed E-state index contributed by atoms with van der Waals surface area (Å²) in [5.41, 5.74) is 0. The molecule has 2 aromatic carbocycles. The molecule has 0 aliphatic rings. The van der Waals surface area contributed by atoms with Crippen LogP contribution in [-0.2, 0) is 17.1 Å². The van der Waals surface area contributed by atoms with Gasteiger partial charge in [0.05, 0.1) is 0 Å². The van der Waals surface area contributed by atoms with E-state index in [1.807, 2.05) is 60.7 Å². The topological polar surface area (TPSA) is 0 Å². The van der Waals surface area contributed by atoms with Crippen molar-refractivity contribution in [2.45, 2.75) is 4.18 Å². The van der Waals surface area contributed by atoms with Gasteiger partial charge in [0, 0.05) is 22.6 Å². The summed E-state index contributed by atoms with van der Waals surface area (Å²) in [5, 5.41) is 0. The molecule has 0 unspecified atom stereocenters. The van der Waals surface area contributed by atoms with Gasteiger partial charge in [0.25, 0.3) is 0 Å². The van der Waals surface area contributed by atoms with Crippen LogP contribution in [0, 0.1) is 12.1 Å². The molecular weight excluding hydrogens is 396 g/mol. The molecule has 98 valence electrons. The van der Waals surface area contributed by atoms with Crippen molar-refractivity contribution in [2.24, 2.45) is 0 Å². The van der Waals surface area contributed by atoms with Crippen molar-refractivity contribution >= 4 is 22.6 Å². The zero-order valence-electron chi connectivity index (χ0n) is 9.14. The van der Waals surface area contributed by atoms with Crippen LogP contribution in [0.15, 0.2) is 60.7 Å². The van der Waals surface area contributed by atoms with Crippen molar-refractivity contribution in [3.05, 3.63) is 72.8 Å². The average Bonchev–Trinajstić information content (AvgIpc) is 2.32. The third-order valence-corrected chi connectivity index (χ3v) is 1.21. The summed E-state index contributed by atoms with van der Waals surface area (Å²) in [7, 11) is 0. The molecule has 0 saturated heterocycles. The van der Waals surface area contributed by atoms with Crippen LogP contribution in [0.5, 0.6) is 0 Å². The van der Waals surface area contributed by atoms with Crippen LogP contribution in [-0.4, -0.2) is 4.18 Å². The maximum absolute atomic E-state index is 10.3. The van der Waals surface area contributed by atoms with Crippen molar-refractivity contribution in [1.29, 1.82) is 0 Å². The summed E-state index contributed by atoms with van der Waals surface area (Å²) >= 11 is 0.378. The van der Waals surface area contributed by atoms with Gasteiger partial charge in [0.15, 0.2) is 0 Å². The summed E-state index contributed by atoms with van der Waals surface area (Å²) in [4.78, 5) is 0. The van der Waals surface area contributed by atoms with E-state index < -0.39 is 4.18 Å². The molecule has 0 aliphatic heterocycles.